The molecule has 0 radical (unpaired) electrons. The average Bonchev–Trinajstić information content (AvgIpc) is 2.97. The zero-order valence-electron chi connectivity index (χ0n) is 16.0. The van der Waals surface area contributed by atoms with Crippen LogP contribution in [0.3, 0.4) is 0 Å². The van der Waals surface area contributed by atoms with Crippen molar-refractivity contribution in [3.63, 3.8) is 0 Å². The SMILES string of the molecule is Cc1cc(C(=O)N[C@H]2CCCC3(CCN(c4cccc(F)c4)C3=O)C2)ccn1. The first kappa shape index (κ1) is 18.6. The first-order valence-corrected chi connectivity index (χ1v) is 9.78. The Hall–Kier alpha value is -2.76. The van der Waals surface area contributed by atoms with Crippen LogP contribution in [0, 0.1) is 18.2 Å². The highest BCUT2D eigenvalue weighted by Crippen LogP contribution is 2.46. The van der Waals surface area contributed by atoms with Gasteiger partial charge in [0.25, 0.3) is 5.91 Å². The number of halogens is 1. The van der Waals surface area contributed by atoms with Crippen molar-refractivity contribution in [2.24, 2.45) is 5.41 Å². The Morgan fingerprint density at radius 2 is 2.14 bits per heavy atom. The topological polar surface area (TPSA) is 62.3 Å². The molecule has 5 nitrogen and oxygen atoms in total. The number of aromatic nitrogens is 1. The number of amides is 2. The summed E-state index contributed by atoms with van der Waals surface area (Å²) in [6.45, 7) is 2.44. The van der Waals surface area contributed by atoms with Crippen LogP contribution in [0.1, 0.15) is 48.2 Å². The first-order valence-electron chi connectivity index (χ1n) is 9.78. The van der Waals surface area contributed by atoms with Gasteiger partial charge in [0.2, 0.25) is 5.91 Å². The highest BCUT2D eigenvalue weighted by atomic mass is 19.1. The predicted molar refractivity (Wildman–Crippen MR) is 104 cm³/mol. The lowest BCUT2D eigenvalue weighted by molar-refractivity contribution is -0.127. The van der Waals surface area contributed by atoms with E-state index >= 15 is 0 Å². The Balaban J connectivity index is 1.47. The van der Waals surface area contributed by atoms with Crippen molar-refractivity contribution < 1.29 is 14.0 Å². The van der Waals surface area contributed by atoms with Crippen LogP contribution in [0.4, 0.5) is 10.1 Å². The summed E-state index contributed by atoms with van der Waals surface area (Å²) in [5.74, 6) is -0.413. The molecule has 2 amide bonds. The van der Waals surface area contributed by atoms with Gasteiger partial charge in [-0.2, -0.15) is 0 Å². The standard InChI is InChI=1S/C22H24FN3O2/c1-15-12-16(7-10-24-15)20(27)25-18-5-3-8-22(14-18)9-11-26(21(22)28)19-6-2-4-17(23)13-19/h2,4,6-7,10,12-13,18H,3,5,8-9,11,14H2,1H3,(H,25,27)/t18-,22?/m0/s1. The lowest BCUT2D eigenvalue weighted by atomic mass is 9.71. The number of carbonyl (C=O) groups is 2. The van der Waals surface area contributed by atoms with Gasteiger partial charge in [0.05, 0.1) is 5.41 Å². The predicted octanol–water partition coefficient (Wildman–Crippen LogP) is 3.62. The van der Waals surface area contributed by atoms with Gasteiger partial charge in [-0.1, -0.05) is 12.5 Å². The zero-order chi connectivity index (χ0) is 19.7. The van der Waals surface area contributed by atoms with Crippen LogP contribution < -0.4 is 10.2 Å². The third-order valence-electron chi connectivity index (χ3n) is 5.97. The van der Waals surface area contributed by atoms with Gasteiger partial charge in [-0.05, 0) is 62.9 Å². The Morgan fingerprint density at radius 3 is 2.93 bits per heavy atom. The highest BCUT2D eigenvalue weighted by molar-refractivity contribution is 6.00. The van der Waals surface area contributed by atoms with Gasteiger partial charge in [-0.25, -0.2) is 4.39 Å². The minimum absolute atomic E-state index is 0.0360. The molecule has 1 unspecified atom stereocenters. The Morgan fingerprint density at radius 1 is 1.29 bits per heavy atom. The second-order valence-corrected chi connectivity index (χ2v) is 7.92. The van der Waals surface area contributed by atoms with Crippen molar-refractivity contribution in [3.8, 4) is 0 Å². The van der Waals surface area contributed by atoms with E-state index in [1.807, 2.05) is 6.92 Å². The fraction of sp³-hybridized carbons (Fsp3) is 0.409. The molecule has 2 atom stereocenters. The summed E-state index contributed by atoms with van der Waals surface area (Å²) in [7, 11) is 0. The maximum Gasteiger partial charge on any atom is 0.251 e. The van der Waals surface area contributed by atoms with E-state index in [4.69, 9.17) is 0 Å². The van der Waals surface area contributed by atoms with Gasteiger partial charge >= 0.3 is 0 Å². The lowest BCUT2D eigenvalue weighted by Gasteiger charge is -2.37. The summed E-state index contributed by atoms with van der Waals surface area (Å²) in [6.07, 6.45) is 5.58. The molecule has 2 aliphatic rings. The number of carbonyl (C=O) groups excluding carboxylic acids is 2. The van der Waals surface area contributed by atoms with Crippen LogP contribution in [-0.2, 0) is 4.79 Å². The molecule has 4 rings (SSSR count). The first-order chi connectivity index (χ1) is 13.5. The van der Waals surface area contributed by atoms with Gasteiger partial charge < -0.3 is 10.2 Å². The van der Waals surface area contributed by atoms with E-state index in [9.17, 15) is 14.0 Å². The number of rotatable bonds is 3. The summed E-state index contributed by atoms with van der Waals surface area (Å²) in [6, 6.07) is 9.62. The smallest absolute Gasteiger partial charge is 0.251 e. The van der Waals surface area contributed by atoms with Crippen LogP contribution in [0.2, 0.25) is 0 Å². The minimum Gasteiger partial charge on any atom is -0.349 e. The molecule has 28 heavy (non-hydrogen) atoms. The van der Waals surface area contributed by atoms with Gasteiger partial charge in [0.1, 0.15) is 5.82 Å². The monoisotopic (exact) mass is 381 g/mol. The summed E-state index contributed by atoms with van der Waals surface area (Å²) in [5, 5.41) is 3.10. The fourth-order valence-corrected chi connectivity index (χ4v) is 4.57. The molecule has 1 spiro atoms. The molecule has 1 aliphatic carbocycles. The summed E-state index contributed by atoms with van der Waals surface area (Å²) in [4.78, 5) is 31.6. The van der Waals surface area contributed by atoms with Crippen molar-refractivity contribution in [3.05, 3.63) is 59.7 Å². The highest BCUT2D eigenvalue weighted by Gasteiger charge is 2.49. The summed E-state index contributed by atoms with van der Waals surface area (Å²) in [5.41, 5.74) is 1.53. The quantitative estimate of drug-likeness (QED) is 0.883. The van der Waals surface area contributed by atoms with Gasteiger partial charge in [0.15, 0.2) is 0 Å². The van der Waals surface area contributed by atoms with E-state index in [2.05, 4.69) is 10.3 Å². The molecule has 1 aromatic carbocycles. The molecule has 1 aromatic heterocycles. The number of hydrogen-bond donors (Lipinski definition) is 1. The van der Waals surface area contributed by atoms with Crippen LogP contribution in [0.5, 0.6) is 0 Å². The lowest BCUT2D eigenvalue weighted by Crippen LogP contribution is -2.46. The van der Waals surface area contributed by atoms with E-state index in [1.165, 1.54) is 12.1 Å². The summed E-state index contributed by atoms with van der Waals surface area (Å²) >= 11 is 0. The molecule has 1 N–H and O–H groups in total. The van der Waals surface area contributed by atoms with Crippen LogP contribution in [0.15, 0.2) is 42.6 Å². The molecular formula is C22H24FN3O2. The van der Waals surface area contributed by atoms with Crippen molar-refractivity contribution in [1.29, 1.82) is 0 Å². The number of aryl methyl sites for hydroxylation is 1. The van der Waals surface area contributed by atoms with Crippen molar-refractivity contribution in [2.75, 3.05) is 11.4 Å². The van der Waals surface area contributed by atoms with E-state index in [0.29, 0.717) is 24.2 Å². The summed E-state index contributed by atoms with van der Waals surface area (Å²) < 4.78 is 13.6. The molecule has 2 aromatic rings. The molecule has 6 heteroatoms. The normalized spacial score (nSPS) is 24.6. The Labute approximate surface area is 164 Å². The molecule has 1 saturated carbocycles. The van der Waals surface area contributed by atoms with Gasteiger partial charge in [0, 0.05) is 35.7 Å². The maximum atomic E-state index is 13.6. The largest absolute Gasteiger partial charge is 0.349 e. The average molecular weight is 381 g/mol. The molecule has 0 bridgehead atoms. The zero-order valence-corrected chi connectivity index (χ0v) is 16.0. The second-order valence-electron chi connectivity index (χ2n) is 7.92. The molecular weight excluding hydrogens is 357 g/mol. The second kappa shape index (κ2) is 7.34. The maximum absolute atomic E-state index is 13.6. The van der Waals surface area contributed by atoms with Crippen LogP contribution >= 0.6 is 0 Å². The number of benzene rings is 1. The molecule has 1 saturated heterocycles. The van der Waals surface area contributed by atoms with Crippen LogP contribution in [-0.4, -0.2) is 29.4 Å². The molecule has 2 heterocycles. The molecule has 1 aliphatic heterocycles. The van der Waals surface area contributed by atoms with Crippen molar-refractivity contribution in [2.45, 2.75) is 45.1 Å². The fourth-order valence-electron chi connectivity index (χ4n) is 4.57. The van der Waals surface area contributed by atoms with E-state index in [0.717, 1.165) is 31.4 Å². The number of anilines is 1. The minimum atomic E-state index is -0.462. The van der Waals surface area contributed by atoms with E-state index in [-0.39, 0.29) is 23.7 Å². The van der Waals surface area contributed by atoms with Gasteiger partial charge in [-0.3, -0.25) is 14.6 Å². The Bertz CT molecular complexity index is 916. The third kappa shape index (κ3) is 3.51. The van der Waals surface area contributed by atoms with Gasteiger partial charge in [-0.15, -0.1) is 0 Å². The van der Waals surface area contributed by atoms with Crippen LogP contribution in [0.25, 0.3) is 0 Å². The van der Waals surface area contributed by atoms with Crippen molar-refractivity contribution in [1.82, 2.24) is 10.3 Å². The molecule has 146 valence electrons. The van der Waals surface area contributed by atoms with Crippen molar-refractivity contribution >= 4 is 17.5 Å². The third-order valence-corrected chi connectivity index (χ3v) is 5.97. The number of nitrogens with zero attached hydrogens (tertiary/aromatic N) is 2. The number of pyridine rings is 1. The van der Waals surface area contributed by atoms with E-state index in [1.54, 1.807) is 35.4 Å². The van der Waals surface area contributed by atoms with E-state index < -0.39 is 5.41 Å². The Kier molecular flexibility index (Phi) is 4.87. The molecule has 2 fully saturated rings. The number of nitrogens with one attached hydrogen (secondary N) is 1. The number of hydrogen-bond acceptors (Lipinski definition) is 3.